The molecule has 1 amide bonds. The molecule has 1 rings (SSSR count). The lowest BCUT2D eigenvalue weighted by Gasteiger charge is -2.36. The first-order valence-electron chi connectivity index (χ1n) is 7.01. The summed E-state index contributed by atoms with van der Waals surface area (Å²) in [6.45, 7) is 8.59. The van der Waals surface area contributed by atoms with Crippen LogP contribution in [0.5, 0.6) is 0 Å². The largest absolute Gasteiger partial charge is 0.353 e. The minimum Gasteiger partial charge on any atom is -0.353 e. The minimum atomic E-state index is 0.112. The van der Waals surface area contributed by atoms with Crippen LogP contribution in [0.1, 0.15) is 53.4 Å². The molecule has 5 atom stereocenters. The molecule has 1 saturated carbocycles. The van der Waals surface area contributed by atoms with Crippen molar-refractivity contribution < 1.29 is 4.79 Å². The summed E-state index contributed by atoms with van der Waals surface area (Å²) in [5, 5.41) is 3.12. The van der Waals surface area contributed by atoms with Gasteiger partial charge in [-0.3, -0.25) is 4.79 Å². The Hall–Kier alpha value is -0.570. The summed E-state index contributed by atoms with van der Waals surface area (Å²) in [7, 11) is 0. The van der Waals surface area contributed by atoms with Crippen molar-refractivity contribution in [1.29, 1.82) is 0 Å². The van der Waals surface area contributed by atoms with Crippen LogP contribution in [-0.2, 0) is 4.79 Å². The fourth-order valence-electron chi connectivity index (χ4n) is 2.90. The molecular weight excluding hydrogens is 212 g/mol. The Balaban J connectivity index is 2.51. The standard InChI is InChI=1S/C14H28N2O/c1-5-6-11(4)16-14(17)12-8-13(15)10(3)7-9(12)2/h9-13H,5-8,15H2,1-4H3,(H,16,17). The lowest BCUT2D eigenvalue weighted by atomic mass is 9.72. The zero-order valence-corrected chi connectivity index (χ0v) is 11.7. The first-order chi connectivity index (χ1) is 7.95. The summed E-state index contributed by atoms with van der Waals surface area (Å²) in [5.74, 6) is 1.32. The molecule has 3 heteroatoms. The van der Waals surface area contributed by atoms with E-state index in [2.05, 4.69) is 33.0 Å². The van der Waals surface area contributed by atoms with Gasteiger partial charge in [-0.1, -0.05) is 27.2 Å². The van der Waals surface area contributed by atoms with E-state index in [0.29, 0.717) is 11.8 Å². The molecule has 0 aliphatic heterocycles. The van der Waals surface area contributed by atoms with E-state index in [9.17, 15) is 4.79 Å². The molecule has 1 fully saturated rings. The topological polar surface area (TPSA) is 55.1 Å². The van der Waals surface area contributed by atoms with Crippen LogP contribution in [0, 0.1) is 17.8 Å². The van der Waals surface area contributed by atoms with Gasteiger partial charge in [-0.25, -0.2) is 0 Å². The van der Waals surface area contributed by atoms with E-state index in [1.807, 2.05) is 0 Å². The summed E-state index contributed by atoms with van der Waals surface area (Å²) in [6.07, 6.45) is 4.07. The maximum Gasteiger partial charge on any atom is 0.223 e. The van der Waals surface area contributed by atoms with E-state index in [0.717, 1.165) is 25.7 Å². The van der Waals surface area contributed by atoms with Gasteiger partial charge in [0.1, 0.15) is 0 Å². The molecule has 17 heavy (non-hydrogen) atoms. The fourth-order valence-corrected chi connectivity index (χ4v) is 2.90. The van der Waals surface area contributed by atoms with Gasteiger partial charge in [0, 0.05) is 18.0 Å². The smallest absolute Gasteiger partial charge is 0.223 e. The number of carbonyl (C=O) groups excluding carboxylic acids is 1. The molecule has 0 bridgehead atoms. The summed E-state index contributed by atoms with van der Waals surface area (Å²) in [5.41, 5.74) is 6.08. The molecular formula is C14H28N2O. The normalized spacial score (nSPS) is 35.4. The van der Waals surface area contributed by atoms with E-state index in [1.54, 1.807) is 0 Å². The van der Waals surface area contributed by atoms with E-state index in [-0.39, 0.29) is 23.9 Å². The Kier molecular flexibility index (Phi) is 5.44. The van der Waals surface area contributed by atoms with Crippen molar-refractivity contribution in [2.75, 3.05) is 0 Å². The number of nitrogens with one attached hydrogen (secondary N) is 1. The third-order valence-corrected chi connectivity index (χ3v) is 4.13. The molecule has 3 nitrogen and oxygen atoms in total. The summed E-state index contributed by atoms with van der Waals surface area (Å²) >= 11 is 0. The highest BCUT2D eigenvalue weighted by Crippen LogP contribution is 2.33. The van der Waals surface area contributed by atoms with Crippen molar-refractivity contribution in [2.24, 2.45) is 23.5 Å². The average Bonchev–Trinajstić information content (AvgIpc) is 2.23. The average molecular weight is 240 g/mol. The molecule has 1 aliphatic rings. The molecule has 100 valence electrons. The van der Waals surface area contributed by atoms with Gasteiger partial charge in [-0.05, 0) is 38.0 Å². The van der Waals surface area contributed by atoms with Crippen LogP contribution in [0.25, 0.3) is 0 Å². The van der Waals surface area contributed by atoms with Gasteiger partial charge in [0.05, 0.1) is 0 Å². The second-order valence-electron chi connectivity index (χ2n) is 5.89. The third kappa shape index (κ3) is 3.98. The highest BCUT2D eigenvalue weighted by molar-refractivity contribution is 5.79. The molecule has 0 saturated heterocycles. The number of carbonyl (C=O) groups is 1. The Labute approximate surface area is 106 Å². The first-order valence-corrected chi connectivity index (χ1v) is 7.01. The first kappa shape index (κ1) is 14.5. The molecule has 0 aromatic rings. The fraction of sp³-hybridized carbons (Fsp3) is 0.929. The number of nitrogens with two attached hydrogens (primary N) is 1. The van der Waals surface area contributed by atoms with Crippen molar-refractivity contribution in [1.82, 2.24) is 5.32 Å². The summed E-state index contributed by atoms with van der Waals surface area (Å²) in [6, 6.07) is 0.471. The van der Waals surface area contributed by atoms with Crippen LogP contribution in [0.15, 0.2) is 0 Å². The molecule has 0 aromatic carbocycles. The molecule has 5 unspecified atom stereocenters. The predicted molar refractivity (Wildman–Crippen MR) is 71.5 cm³/mol. The zero-order chi connectivity index (χ0) is 13.0. The molecule has 0 radical (unpaired) electrons. The number of amides is 1. The minimum absolute atomic E-state index is 0.112. The van der Waals surface area contributed by atoms with Crippen LogP contribution in [0.3, 0.4) is 0 Å². The van der Waals surface area contributed by atoms with Crippen molar-refractivity contribution in [3.05, 3.63) is 0 Å². The summed E-state index contributed by atoms with van der Waals surface area (Å²) < 4.78 is 0. The molecule has 3 N–H and O–H groups in total. The van der Waals surface area contributed by atoms with Crippen LogP contribution in [-0.4, -0.2) is 18.0 Å². The molecule has 1 aliphatic carbocycles. The third-order valence-electron chi connectivity index (χ3n) is 4.13. The molecule has 0 aromatic heterocycles. The van der Waals surface area contributed by atoms with E-state index < -0.39 is 0 Å². The van der Waals surface area contributed by atoms with Crippen LogP contribution in [0.2, 0.25) is 0 Å². The Morgan fingerprint density at radius 3 is 2.59 bits per heavy atom. The quantitative estimate of drug-likeness (QED) is 0.792. The van der Waals surface area contributed by atoms with Crippen molar-refractivity contribution >= 4 is 5.91 Å². The van der Waals surface area contributed by atoms with Crippen molar-refractivity contribution in [3.8, 4) is 0 Å². The van der Waals surface area contributed by atoms with Gasteiger partial charge in [-0.15, -0.1) is 0 Å². The monoisotopic (exact) mass is 240 g/mol. The Bertz CT molecular complexity index is 255. The van der Waals surface area contributed by atoms with Crippen molar-refractivity contribution in [3.63, 3.8) is 0 Å². The number of hydrogen-bond donors (Lipinski definition) is 2. The van der Waals surface area contributed by atoms with Crippen LogP contribution >= 0.6 is 0 Å². The van der Waals surface area contributed by atoms with Gasteiger partial charge in [0.15, 0.2) is 0 Å². The van der Waals surface area contributed by atoms with Gasteiger partial charge in [0.2, 0.25) is 5.91 Å². The van der Waals surface area contributed by atoms with Gasteiger partial charge in [-0.2, -0.15) is 0 Å². The summed E-state index contributed by atoms with van der Waals surface area (Å²) in [4.78, 5) is 12.2. The number of rotatable bonds is 4. The van der Waals surface area contributed by atoms with Crippen LogP contribution < -0.4 is 11.1 Å². The van der Waals surface area contributed by atoms with Gasteiger partial charge >= 0.3 is 0 Å². The van der Waals surface area contributed by atoms with Crippen molar-refractivity contribution in [2.45, 2.75) is 65.5 Å². The van der Waals surface area contributed by atoms with Gasteiger partial charge < -0.3 is 11.1 Å². The Morgan fingerprint density at radius 1 is 1.35 bits per heavy atom. The second kappa shape index (κ2) is 6.39. The lowest BCUT2D eigenvalue weighted by Crippen LogP contribution is -2.46. The van der Waals surface area contributed by atoms with Crippen LogP contribution in [0.4, 0.5) is 0 Å². The number of hydrogen-bond acceptors (Lipinski definition) is 2. The SMILES string of the molecule is CCCC(C)NC(=O)C1CC(N)C(C)CC1C. The predicted octanol–water partition coefficient (Wildman–Crippen LogP) is 2.30. The lowest BCUT2D eigenvalue weighted by molar-refractivity contribution is -0.128. The van der Waals surface area contributed by atoms with Gasteiger partial charge in [0.25, 0.3) is 0 Å². The zero-order valence-electron chi connectivity index (χ0n) is 11.7. The highest BCUT2D eigenvalue weighted by Gasteiger charge is 2.35. The highest BCUT2D eigenvalue weighted by atomic mass is 16.1. The maximum atomic E-state index is 12.2. The maximum absolute atomic E-state index is 12.2. The van der Waals surface area contributed by atoms with E-state index in [4.69, 9.17) is 5.73 Å². The Morgan fingerprint density at radius 2 is 2.00 bits per heavy atom. The van der Waals surface area contributed by atoms with E-state index in [1.165, 1.54) is 0 Å². The second-order valence-corrected chi connectivity index (χ2v) is 5.89. The molecule has 0 heterocycles. The molecule has 0 spiro atoms. The van der Waals surface area contributed by atoms with E-state index >= 15 is 0 Å².